The molecule has 14 N–H and O–H groups in total. The second-order valence-electron chi connectivity index (χ2n) is 29.4. The van der Waals surface area contributed by atoms with Crippen LogP contribution >= 0.6 is 0 Å². The lowest BCUT2D eigenvalue weighted by molar-refractivity contribution is -0.349. The average Bonchev–Trinajstić information content (AvgIpc) is 0.777. The molecule has 0 spiro atoms. The number of aliphatic hydroxyl groups excluding tert-OH is 13. The van der Waals surface area contributed by atoms with Gasteiger partial charge in [-0.1, -0.05) is 110 Å². The molecule has 20 nitrogen and oxygen atoms in total. The first-order valence-corrected chi connectivity index (χ1v) is 35.2. The summed E-state index contributed by atoms with van der Waals surface area (Å²) >= 11 is 0. The van der Waals surface area contributed by atoms with Crippen molar-refractivity contribution in [2.75, 3.05) is 14.1 Å². The number of likely N-dealkylation sites (N-methyl/N-ethyl adjacent to an activating group) is 1. The van der Waals surface area contributed by atoms with Gasteiger partial charge >= 0.3 is 5.97 Å². The number of nitrogens with zero attached hydrogens (tertiary/aromatic N) is 1. The fraction of sp³-hybridized carbons (Fsp3) is 0.875. The summed E-state index contributed by atoms with van der Waals surface area (Å²) in [6.07, 6.45) is 4.05. The second kappa shape index (κ2) is 42.5. The Balaban J connectivity index is 1.80. The molecule has 3 heterocycles. The summed E-state index contributed by atoms with van der Waals surface area (Å²) in [6, 6.07) is -0.726. The van der Waals surface area contributed by atoms with Crippen LogP contribution < -0.4 is 0 Å². The molecular formula is C72H131NO19. The monoisotopic (exact) mass is 1310 g/mol. The number of ether oxygens (including phenoxy) is 4. The Morgan fingerprint density at radius 3 is 1.82 bits per heavy atom. The molecule has 92 heavy (non-hydrogen) atoms. The van der Waals surface area contributed by atoms with Gasteiger partial charge in [0.2, 0.25) is 0 Å². The molecule has 20 heteroatoms. The average molecular weight is 1310 g/mol. The molecule has 3 rings (SSSR count). The van der Waals surface area contributed by atoms with E-state index in [4.69, 9.17) is 18.9 Å². The fourth-order valence-corrected chi connectivity index (χ4v) is 13.4. The molecule has 0 saturated carbocycles. The zero-order valence-electron chi connectivity index (χ0n) is 58.5. The summed E-state index contributed by atoms with van der Waals surface area (Å²) in [6.45, 7) is 20.5. The highest BCUT2D eigenvalue weighted by Crippen LogP contribution is 2.42. The minimum atomic E-state index is -2.12. The Kier molecular flexibility index (Phi) is 38.8. The molecule has 0 aromatic heterocycles. The van der Waals surface area contributed by atoms with E-state index in [1.165, 1.54) is 12.2 Å². The Morgan fingerprint density at radius 1 is 0.641 bits per heavy atom. The van der Waals surface area contributed by atoms with Gasteiger partial charge in [0, 0.05) is 37.0 Å². The van der Waals surface area contributed by atoms with Crippen LogP contribution in [0.5, 0.6) is 0 Å². The maximum absolute atomic E-state index is 13.7. The number of aliphatic hydroxyl groups is 14. The van der Waals surface area contributed by atoms with Crippen molar-refractivity contribution in [1.29, 1.82) is 0 Å². The van der Waals surface area contributed by atoms with Crippen molar-refractivity contribution in [2.24, 2.45) is 41.4 Å². The molecule has 0 aromatic rings. The van der Waals surface area contributed by atoms with E-state index < -0.39 is 152 Å². The first kappa shape index (κ1) is 83.9. The zero-order chi connectivity index (χ0) is 69.2. The lowest BCUT2D eigenvalue weighted by Gasteiger charge is -2.50. The van der Waals surface area contributed by atoms with Crippen LogP contribution in [0.3, 0.4) is 0 Å². The van der Waals surface area contributed by atoms with E-state index in [9.17, 15) is 76.3 Å². The van der Waals surface area contributed by atoms with E-state index in [1.807, 2.05) is 52.0 Å². The predicted octanol–water partition coefficient (Wildman–Crippen LogP) is 7.20. The second-order valence-corrected chi connectivity index (χ2v) is 29.4. The quantitative estimate of drug-likeness (QED) is 0.0885. The minimum absolute atomic E-state index is 0.0174. The Hall–Kier alpha value is -2.29. The molecule has 0 radical (unpaired) electrons. The van der Waals surface area contributed by atoms with Crippen molar-refractivity contribution in [3.05, 3.63) is 47.6 Å². The van der Waals surface area contributed by atoms with Crippen molar-refractivity contribution in [1.82, 2.24) is 4.90 Å². The van der Waals surface area contributed by atoms with Crippen LogP contribution in [0.2, 0.25) is 0 Å². The van der Waals surface area contributed by atoms with Gasteiger partial charge in [-0.15, -0.1) is 0 Å². The summed E-state index contributed by atoms with van der Waals surface area (Å²) in [5, 5.41) is 156. The van der Waals surface area contributed by atoms with Gasteiger partial charge in [0.1, 0.15) is 12.2 Å². The van der Waals surface area contributed by atoms with Crippen LogP contribution in [0.25, 0.3) is 0 Å². The maximum Gasteiger partial charge on any atom is 0.311 e. The van der Waals surface area contributed by atoms with Crippen LogP contribution in [0.15, 0.2) is 47.6 Å². The largest absolute Gasteiger partial charge is 0.458 e. The summed E-state index contributed by atoms with van der Waals surface area (Å²) in [7, 11) is 3.47. The van der Waals surface area contributed by atoms with Gasteiger partial charge in [0.25, 0.3) is 0 Å². The van der Waals surface area contributed by atoms with Crippen LogP contribution in [0.4, 0.5) is 0 Å². The van der Waals surface area contributed by atoms with Crippen molar-refractivity contribution >= 4 is 5.97 Å². The van der Waals surface area contributed by atoms with E-state index in [-0.39, 0.29) is 56.3 Å². The number of carbonyl (C=O) groups excluding carboxylic acids is 1. The predicted molar refractivity (Wildman–Crippen MR) is 356 cm³/mol. The van der Waals surface area contributed by atoms with E-state index in [0.29, 0.717) is 89.4 Å². The molecule has 0 aromatic carbocycles. The van der Waals surface area contributed by atoms with E-state index in [2.05, 4.69) is 13.8 Å². The zero-order valence-corrected chi connectivity index (χ0v) is 58.5. The standard InChI is InChI=1S/C72H131NO19/c1-43(2)21-18-23-53-36-46(5)64(84)40-57(77)27-20-30-60(80)49(8)59(79)28-17-14-22-44(3)35-47(6)65-41-66(91-71-70(87)68(73(12)13)69(86)52(11)90-71)51(10)72(88,92-65)42-67(85)89-48(7)32-33-58(78)38-55(75)26-19-29-61(81)50(9)62(82)34-31-45(4)63(83)39-56(76)25-16-15-24-54(74)37-53/h14,17,22,32-33,36,43,45,47-66,68-71,74-84,86-88H,15-16,18-21,23-31,34-35,37-42H2,1-13H3/b17-14+,33-32+,44-22+,46-36+/t45-,47-,48?,49-,50+,51+,52+,53?,54?,55-,56-,57+,58+,59+,60-,61-,62+,63+,64-,65-,66-,68-,69+,70+,71?,72?/m0/s1. The SMILES string of the molecule is C/C1=C\C=C\C[C@@H](O)[C@H](C)[C@@H](O)CCC[C@@H](O)C[C@H](O)/C(C)=C/C(CCCC(C)C)CC(O)CCCC[C@H](O)C[C@@H](O)[C@@H](C)CC[C@@H](O)[C@H](C)[C@@H](O)CCC[C@H](O)C[C@H](O)/C=C/C(C)OC(=O)CC2(O)O[C@@H](C[C@H](OC3O[C@H](C)[C@@H](O)[C@H](N(C)C)[C@H]3O)[C@H]2C)[C@@H](C)C1. The highest BCUT2D eigenvalue weighted by molar-refractivity contribution is 5.71. The van der Waals surface area contributed by atoms with E-state index in [0.717, 1.165) is 30.4 Å². The summed E-state index contributed by atoms with van der Waals surface area (Å²) in [5.41, 5.74) is 1.68. The lowest BCUT2D eigenvalue weighted by atomic mass is 9.81. The number of allylic oxidation sites excluding steroid dienone is 4. The summed E-state index contributed by atoms with van der Waals surface area (Å²) < 4.78 is 24.7. The van der Waals surface area contributed by atoms with Crippen molar-refractivity contribution < 1.29 is 95.2 Å². The van der Waals surface area contributed by atoms with Crippen LogP contribution in [-0.2, 0) is 23.7 Å². The van der Waals surface area contributed by atoms with Crippen molar-refractivity contribution in [3.8, 4) is 0 Å². The van der Waals surface area contributed by atoms with Gasteiger partial charge in [-0.25, -0.2) is 0 Å². The van der Waals surface area contributed by atoms with E-state index >= 15 is 0 Å². The number of hydrogen-bond acceptors (Lipinski definition) is 20. The third kappa shape index (κ3) is 30.2. The molecule has 2 saturated heterocycles. The maximum atomic E-state index is 13.7. The smallest absolute Gasteiger partial charge is 0.311 e. The molecular weight excluding hydrogens is 1180 g/mol. The molecule has 2 fully saturated rings. The molecule has 538 valence electrons. The first-order chi connectivity index (χ1) is 43.1. The fourth-order valence-electron chi connectivity index (χ4n) is 13.4. The lowest BCUT2D eigenvalue weighted by Crippen LogP contribution is -2.64. The molecule has 0 amide bonds. The molecule has 0 aliphatic carbocycles. The molecule has 3 aliphatic heterocycles. The van der Waals surface area contributed by atoms with Gasteiger partial charge in [-0.3, -0.25) is 4.79 Å². The number of carbonyl (C=O) groups is 1. The number of rotatable bonds is 7. The van der Waals surface area contributed by atoms with Crippen molar-refractivity contribution in [2.45, 2.75) is 346 Å². The normalized spacial score (nSPS) is 43.4. The number of fused-ring (bicyclic) bond motifs is 2. The number of hydrogen-bond donors (Lipinski definition) is 14. The Morgan fingerprint density at radius 2 is 1.21 bits per heavy atom. The van der Waals surface area contributed by atoms with Crippen LogP contribution in [0, 0.1) is 41.4 Å². The highest BCUT2D eigenvalue weighted by Gasteiger charge is 2.53. The van der Waals surface area contributed by atoms with Crippen LogP contribution in [0.1, 0.15) is 224 Å². The summed E-state index contributed by atoms with van der Waals surface area (Å²) in [4.78, 5) is 15.4. The van der Waals surface area contributed by atoms with E-state index in [1.54, 1.807) is 53.6 Å². The molecule has 3 aliphatic rings. The minimum Gasteiger partial charge on any atom is -0.458 e. The summed E-state index contributed by atoms with van der Waals surface area (Å²) in [5.74, 6) is -4.67. The molecule has 2 bridgehead atoms. The third-order valence-corrected chi connectivity index (χ3v) is 20.2. The van der Waals surface area contributed by atoms with Gasteiger partial charge in [-0.2, -0.15) is 0 Å². The van der Waals surface area contributed by atoms with Gasteiger partial charge in [-0.05, 0) is 173 Å². The first-order valence-electron chi connectivity index (χ1n) is 35.2. The van der Waals surface area contributed by atoms with Gasteiger partial charge < -0.3 is 95.3 Å². The van der Waals surface area contributed by atoms with Gasteiger partial charge in [0.05, 0.1) is 104 Å². The van der Waals surface area contributed by atoms with Gasteiger partial charge in [0.15, 0.2) is 12.1 Å². The third-order valence-electron chi connectivity index (χ3n) is 20.2. The number of cyclic esters (lactones) is 1. The molecule has 26 atom stereocenters. The van der Waals surface area contributed by atoms with Crippen LogP contribution in [-0.4, -0.2) is 218 Å². The highest BCUT2D eigenvalue weighted by atomic mass is 16.7. The number of esters is 1. The topological polar surface area (TPSA) is 340 Å². The Labute approximate surface area is 552 Å². The molecule has 5 unspecified atom stereocenters. The Bertz CT molecular complexity index is 2150. The van der Waals surface area contributed by atoms with Crippen molar-refractivity contribution in [3.63, 3.8) is 0 Å².